The Morgan fingerprint density at radius 3 is 2.71 bits per heavy atom. The minimum absolute atomic E-state index is 0.211. The van der Waals surface area contributed by atoms with E-state index in [2.05, 4.69) is 12.1 Å². The molecule has 1 aromatic rings. The van der Waals surface area contributed by atoms with Gasteiger partial charge in [0, 0.05) is 12.5 Å². The second-order valence-corrected chi connectivity index (χ2v) is 4.80. The van der Waals surface area contributed by atoms with Crippen molar-refractivity contribution in [3.63, 3.8) is 0 Å². The summed E-state index contributed by atoms with van der Waals surface area (Å²) in [5.41, 5.74) is 1.22. The van der Waals surface area contributed by atoms with Gasteiger partial charge >= 0.3 is 0 Å². The third kappa shape index (κ3) is 1.06. The van der Waals surface area contributed by atoms with Gasteiger partial charge in [-0.2, -0.15) is 0 Å². The van der Waals surface area contributed by atoms with Crippen molar-refractivity contribution >= 4 is 11.6 Å². The van der Waals surface area contributed by atoms with E-state index >= 15 is 0 Å². The number of fused-ring (bicyclic) bond motifs is 1. The molecule has 1 aliphatic carbocycles. The summed E-state index contributed by atoms with van der Waals surface area (Å²) in [6.07, 6.45) is 2.63. The molecule has 1 heterocycles. The lowest BCUT2D eigenvalue weighted by atomic mass is 10.1. The summed E-state index contributed by atoms with van der Waals surface area (Å²) in [5.74, 6) is 0.542. The SMILES string of the molecule is ClC1(c2ccccc2)C2CCCOC21. The van der Waals surface area contributed by atoms with E-state index in [-0.39, 0.29) is 11.0 Å². The first-order chi connectivity index (χ1) is 6.83. The van der Waals surface area contributed by atoms with Crippen LogP contribution in [0, 0.1) is 5.92 Å². The molecule has 1 aromatic carbocycles. The van der Waals surface area contributed by atoms with Crippen LogP contribution in [-0.2, 0) is 9.61 Å². The van der Waals surface area contributed by atoms with Crippen molar-refractivity contribution in [3.8, 4) is 0 Å². The topological polar surface area (TPSA) is 9.23 Å². The minimum atomic E-state index is -0.211. The van der Waals surface area contributed by atoms with Crippen molar-refractivity contribution in [1.29, 1.82) is 0 Å². The predicted octanol–water partition coefficient (Wildman–Crippen LogP) is 2.93. The smallest absolute Gasteiger partial charge is 0.101 e. The molecule has 14 heavy (non-hydrogen) atoms. The Bertz CT molecular complexity index is 323. The number of hydrogen-bond donors (Lipinski definition) is 0. The highest BCUT2D eigenvalue weighted by Gasteiger charge is 2.66. The first-order valence-corrected chi connectivity index (χ1v) is 5.57. The molecule has 2 fully saturated rings. The monoisotopic (exact) mass is 208 g/mol. The molecule has 2 aliphatic rings. The fourth-order valence-corrected chi connectivity index (χ4v) is 3.08. The number of ether oxygens (including phenoxy) is 1. The van der Waals surface area contributed by atoms with Crippen LogP contribution < -0.4 is 0 Å². The lowest BCUT2D eigenvalue weighted by molar-refractivity contribution is 0.0766. The number of hydrogen-bond acceptors (Lipinski definition) is 1. The average Bonchev–Trinajstić information content (AvgIpc) is 2.89. The van der Waals surface area contributed by atoms with Crippen LogP contribution in [0.5, 0.6) is 0 Å². The molecule has 0 N–H and O–H groups in total. The molecule has 1 nitrogen and oxygen atoms in total. The van der Waals surface area contributed by atoms with Crippen LogP contribution in [0.25, 0.3) is 0 Å². The zero-order valence-electron chi connectivity index (χ0n) is 7.95. The molecule has 3 rings (SSSR count). The maximum absolute atomic E-state index is 6.62. The highest BCUT2D eigenvalue weighted by Crippen LogP contribution is 2.62. The highest BCUT2D eigenvalue weighted by atomic mass is 35.5. The Kier molecular flexibility index (Phi) is 1.86. The van der Waals surface area contributed by atoms with Crippen LogP contribution in [0.4, 0.5) is 0 Å². The van der Waals surface area contributed by atoms with E-state index in [1.54, 1.807) is 0 Å². The third-order valence-electron chi connectivity index (χ3n) is 3.38. The Hall–Kier alpha value is -0.530. The van der Waals surface area contributed by atoms with Gasteiger partial charge in [-0.3, -0.25) is 0 Å². The van der Waals surface area contributed by atoms with Gasteiger partial charge in [0.05, 0.1) is 6.10 Å². The van der Waals surface area contributed by atoms with E-state index in [9.17, 15) is 0 Å². The molecule has 3 unspecified atom stereocenters. The van der Waals surface area contributed by atoms with Gasteiger partial charge in [0.1, 0.15) is 4.87 Å². The maximum Gasteiger partial charge on any atom is 0.101 e. The van der Waals surface area contributed by atoms with E-state index in [1.807, 2.05) is 18.2 Å². The summed E-state index contributed by atoms with van der Waals surface area (Å²) in [5, 5.41) is 0. The molecule has 1 aliphatic heterocycles. The number of halogens is 1. The van der Waals surface area contributed by atoms with E-state index in [0.29, 0.717) is 5.92 Å². The van der Waals surface area contributed by atoms with Crippen LogP contribution in [0.2, 0.25) is 0 Å². The summed E-state index contributed by atoms with van der Waals surface area (Å²) in [6.45, 7) is 0.877. The van der Waals surface area contributed by atoms with Crippen LogP contribution in [0.1, 0.15) is 18.4 Å². The third-order valence-corrected chi connectivity index (χ3v) is 4.10. The average molecular weight is 209 g/mol. The quantitative estimate of drug-likeness (QED) is 0.645. The van der Waals surface area contributed by atoms with Gasteiger partial charge in [0.15, 0.2) is 0 Å². The zero-order chi connectivity index (χ0) is 9.60. The Morgan fingerprint density at radius 2 is 2.07 bits per heavy atom. The molecule has 0 bridgehead atoms. The predicted molar refractivity (Wildman–Crippen MR) is 56.4 cm³/mol. The number of alkyl halides is 1. The molecule has 1 saturated carbocycles. The Balaban J connectivity index is 1.92. The minimum Gasteiger partial charge on any atom is -0.376 e. The summed E-state index contributed by atoms with van der Waals surface area (Å²) in [7, 11) is 0. The maximum atomic E-state index is 6.62. The van der Waals surface area contributed by atoms with Crippen LogP contribution in [-0.4, -0.2) is 12.7 Å². The van der Waals surface area contributed by atoms with E-state index < -0.39 is 0 Å². The highest BCUT2D eigenvalue weighted by molar-refractivity contribution is 6.27. The van der Waals surface area contributed by atoms with Gasteiger partial charge in [-0.05, 0) is 18.4 Å². The molecule has 2 heteroatoms. The van der Waals surface area contributed by atoms with Crippen LogP contribution in [0.15, 0.2) is 30.3 Å². The Morgan fingerprint density at radius 1 is 1.29 bits per heavy atom. The molecule has 0 aromatic heterocycles. The standard InChI is InChI=1S/C12H13ClO/c13-12(9-5-2-1-3-6-9)10-7-4-8-14-11(10)12/h1-3,5-6,10-11H,4,7-8H2. The van der Waals surface area contributed by atoms with Gasteiger partial charge in [-0.15, -0.1) is 11.6 Å². The largest absolute Gasteiger partial charge is 0.376 e. The first kappa shape index (κ1) is 8.75. The fourth-order valence-electron chi connectivity index (χ4n) is 2.58. The van der Waals surface area contributed by atoms with E-state index in [1.165, 1.54) is 12.0 Å². The fraction of sp³-hybridized carbons (Fsp3) is 0.500. The van der Waals surface area contributed by atoms with Crippen molar-refractivity contribution < 1.29 is 4.74 Å². The molecule has 1 saturated heterocycles. The molecule has 0 amide bonds. The normalized spacial score (nSPS) is 40.4. The molecule has 74 valence electrons. The van der Waals surface area contributed by atoms with Crippen molar-refractivity contribution in [1.82, 2.24) is 0 Å². The number of benzene rings is 1. The van der Waals surface area contributed by atoms with Crippen LogP contribution >= 0.6 is 11.6 Å². The van der Waals surface area contributed by atoms with E-state index in [0.717, 1.165) is 13.0 Å². The summed E-state index contributed by atoms with van der Waals surface area (Å²) in [6, 6.07) is 10.3. The van der Waals surface area contributed by atoms with Gasteiger partial charge in [-0.25, -0.2) is 0 Å². The van der Waals surface area contributed by atoms with E-state index in [4.69, 9.17) is 16.3 Å². The first-order valence-electron chi connectivity index (χ1n) is 5.19. The summed E-state index contributed by atoms with van der Waals surface area (Å²) < 4.78 is 5.69. The van der Waals surface area contributed by atoms with Crippen LogP contribution in [0.3, 0.4) is 0 Å². The lowest BCUT2D eigenvalue weighted by Crippen LogP contribution is -2.08. The van der Waals surface area contributed by atoms with Gasteiger partial charge in [0.25, 0.3) is 0 Å². The van der Waals surface area contributed by atoms with Crippen molar-refractivity contribution in [3.05, 3.63) is 35.9 Å². The molecule has 0 spiro atoms. The van der Waals surface area contributed by atoms with Crippen molar-refractivity contribution in [2.24, 2.45) is 5.92 Å². The zero-order valence-corrected chi connectivity index (χ0v) is 8.70. The Labute approximate surface area is 89.0 Å². The van der Waals surface area contributed by atoms with Crippen molar-refractivity contribution in [2.75, 3.05) is 6.61 Å². The molecular formula is C12H13ClO. The lowest BCUT2D eigenvalue weighted by Gasteiger charge is -2.08. The molecule has 3 atom stereocenters. The van der Waals surface area contributed by atoms with Crippen molar-refractivity contribution in [2.45, 2.75) is 23.8 Å². The summed E-state index contributed by atoms with van der Waals surface area (Å²) in [4.78, 5) is -0.211. The summed E-state index contributed by atoms with van der Waals surface area (Å²) >= 11 is 6.62. The second kappa shape index (κ2) is 2.98. The second-order valence-electron chi connectivity index (χ2n) is 4.17. The van der Waals surface area contributed by atoms with Gasteiger partial charge in [-0.1, -0.05) is 30.3 Å². The van der Waals surface area contributed by atoms with Gasteiger partial charge in [0.2, 0.25) is 0 Å². The molecular weight excluding hydrogens is 196 g/mol. The number of rotatable bonds is 1. The molecule has 0 radical (unpaired) electrons. The van der Waals surface area contributed by atoms with Gasteiger partial charge < -0.3 is 4.74 Å².